The van der Waals surface area contributed by atoms with Crippen LogP contribution in [-0.2, 0) is 0 Å². The first-order valence-electron chi connectivity index (χ1n) is 8.74. The van der Waals surface area contributed by atoms with E-state index in [1.165, 1.54) is 0 Å². The molecular formula is C22H9F3N4O. The molecule has 4 aromatic rings. The van der Waals surface area contributed by atoms with Crippen LogP contribution in [0, 0.1) is 24.0 Å². The van der Waals surface area contributed by atoms with E-state index in [4.69, 9.17) is 11.3 Å². The largest absolute Gasteiger partial charge is 0.457 e. The molecule has 0 spiro atoms. The molecule has 0 N–H and O–H groups in total. The van der Waals surface area contributed by atoms with Gasteiger partial charge in [-0.1, -0.05) is 24.3 Å². The van der Waals surface area contributed by atoms with E-state index in [9.17, 15) is 13.2 Å². The molecule has 0 saturated heterocycles. The highest BCUT2D eigenvalue weighted by molar-refractivity contribution is 6.23. The topological polar surface area (TPSA) is 51.7 Å². The molecule has 1 aromatic heterocycles. The van der Waals surface area contributed by atoms with E-state index in [-0.39, 0.29) is 11.5 Å². The van der Waals surface area contributed by atoms with Gasteiger partial charge in [-0.05, 0) is 12.1 Å². The summed E-state index contributed by atoms with van der Waals surface area (Å²) in [5.41, 5.74) is 4.14. The normalized spacial score (nSPS) is 13.2. The first kappa shape index (κ1) is 17.8. The maximum atomic E-state index is 13.4. The van der Waals surface area contributed by atoms with Gasteiger partial charge < -0.3 is 4.74 Å². The Hall–Kier alpha value is -4.25. The van der Waals surface area contributed by atoms with Crippen LogP contribution in [0.2, 0.25) is 0 Å². The summed E-state index contributed by atoms with van der Waals surface area (Å²) < 4.78 is 45.5. The van der Waals surface area contributed by atoms with E-state index >= 15 is 0 Å². The van der Waals surface area contributed by atoms with Gasteiger partial charge in [0.25, 0.3) is 0 Å². The first-order chi connectivity index (χ1) is 14.5. The first-order valence-corrected chi connectivity index (χ1v) is 8.74. The van der Waals surface area contributed by atoms with Crippen LogP contribution in [0.5, 0.6) is 11.5 Å². The zero-order valence-electron chi connectivity index (χ0n) is 15.0. The summed E-state index contributed by atoms with van der Waals surface area (Å²) in [6, 6.07) is 13.7. The zero-order valence-corrected chi connectivity index (χ0v) is 15.0. The molecule has 8 heteroatoms. The monoisotopic (exact) mass is 402 g/mol. The molecule has 144 valence electrons. The van der Waals surface area contributed by atoms with Gasteiger partial charge in [0.15, 0.2) is 23.2 Å². The van der Waals surface area contributed by atoms with E-state index in [0.29, 0.717) is 28.1 Å². The molecule has 0 unspecified atom stereocenters. The Labute approximate surface area is 167 Å². The highest BCUT2D eigenvalue weighted by Crippen LogP contribution is 2.36. The second kappa shape index (κ2) is 6.67. The Bertz CT molecular complexity index is 1400. The van der Waals surface area contributed by atoms with Gasteiger partial charge in [-0.3, -0.25) is 0 Å². The van der Waals surface area contributed by atoms with Crippen molar-refractivity contribution in [1.82, 2.24) is 9.97 Å². The van der Waals surface area contributed by atoms with Crippen LogP contribution >= 0.6 is 0 Å². The number of aromatic nitrogens is 2. The molecule has 0 fully saturated rings. The molecule has 0 amide bonds. The average molecular weight is 402 g/mol. The van der Waals surface area contributed by atoms with E-state index in [2.05, 4.69) is 20.0 Å². The van der Waals surface area contributed by atoms with Crippen molar-refractivity contribution in [2.24, 2.45) is 5.10 Å². The Morgan fingerprint density at radius 2 is 1.50 bits per heavy atom. The molecule has 0 bridgehead atoms. The van der Waals surface area contributed by atoms with Crippen LogP contribution in [0.1, 0.15) is 11.3 Å². The molecule has 1 aliphatic carbocycles. The summed E-state index contributed by atoms with van der Waals surface area (Å²) in [6.07, 6.45) is 0. The standard InChI is InChI=1S/C22H9F3N4O/c1-26-29-21-14-5-3-2-4-13(14)20-22(21)27-17-7-6-11(10-18(17)28-20)30-12-8-15(23)19(25)16(24)9-12/h2-10H/b29-21+. The number of hydrogen-bond acceptors (Lipinski definition) is 4. The lowest BCUT2D eigenvalue weighted by molar-refractivity contribution is 0.424. The van der Waals surface area contributed by atoms with E-state index in [1.807, 2.05) is 24.3 Å². The highest BCUT2D eigenvalue weighted by Gasteiger charge is 2.30. The minimum atomic E-state index is -1.56. The maximum absolute atomic E-state index is 13.4. The summed E-state index contributed by atoms with van der Waals surface area (Å²) in [6.45, 7) is 7.09. The van der Waals surface area contributed by atoms with Crippen molar-refractivity contribution in [3.8, 4) is 22.8 Å². The third kappa shape index (κ3) is 2.76. The predicted octanol–water partition coefficient (Wildman–Crippen LogP) is 5.49. The summed E-state index contributed by atoms with van der Waals surface area (Å²) >= 11 is 0. The number of benzene rings is 3. The molecule has 0 aliphatic heterocycles. The predicted molar refractivity (Wildman–Crippen MR) is 104 cm³/mol. The molecule has 5 nitrogen and oxygen atoms in total. The number of halogens is 3. The molecule has 1 aliphatic rings. The van der Waals surface area contributed by atoms with Crippen molar-refractivity contribution in [3.05, 3.63) is 94.8 Å². The highest BCUT2D eigenvalue weighted by atomic mass is 19.2. The second-order valence-electron chi connectivity index (χ2n) is 6.47. The molecule has 1 heterocycles. The average Bonchev–Trinajstić information content (AvgIpc) is 3.04. The minimum absolute atomic E-state index is 0.184. The van der Waals surface area contributed by atoms with Crippen LogP contribution < -0.4 is 4.74 Å². The Morgan fingerprint density at radius 3 is 2.23 bits per heavy atom. The number of nitrogens with zero attached hydrogens (tertiary/aromatic N) is 4. The second-order valence-corrected chi connectivity index (χ2v) is 6.47. The molecule has 0 atom stereocenters. The smallest absolute Gasteiger partial charge is 0.194 e. The van der Waals surface area contributed by atoms with Crippen molar-refractivity contribution in [1.29, 1.82) is 0 Å². The number of hydrogen-bond donors (Lipinski definition) is 0. The van der Waals surface area contributed by atoms with Gasteiger partial charge in [0.2, 0.25) is 0 Å². The molecule has 5 rings (SSSR count). The molecule has 0 radical (unpaired) electrons. The van der Waals surface area contributed by atoms with Crippen LogP contribution in [0.3, 0.4) is 0 Å². The van der Waals surface area contributed by atoms with Gasteiger partial charge in [-0.2, -0.15) is 6.57 Å². The molecule has 0 saturated carbocycles. The Kier molecular flexibility index (Phi) is 3.96. The summed E-state index contributed by atoms with van der Waals surface area (Å²) in [5, 5.41) is 3.89. The minimum Gasteiger partial charge on any atom is -0.457 e. The summed E-state index contributed by atoms with van der Waals surface area (Å²) in [7, 11) is 0. The summed E-state index contributed by atoms with van der Waals surface area (Å²) in [4.78, 5) is 12.4. The van der Waals surface area contributed by atoms with E-state index < -0.39 is 17.5 Å². The van der Waals surface area contributed by atoms with E-state index in [0.717, 1.165) is 23.3 Å². The molecular weight excluding hydrogens is 393 g/mol. The fraction of sp³-hybridized carbons (Fsp3) is 0. The lowest BCUT2D eigenvalue weighted by atomic mass is 10.1. The number of fused-ring (bicyclic) bond motifs is 4. The molecule has 30 heavy (non-hydrogen) atoms. The van der Waals surface area contributed by atoms with Gasteiger partial charge in [-0.15, -0.1) is 4.95 Å². The number of ether oxygens (including phenoxy) is 1. The Balaban J connectivity index is 1.61. The fourth-order valence-corrected chi connectivity index (χ4v) is 3.35. The summed E-state index contributed by atoms with van der Waals surface area (Å²) in [5.74, 6) is -4.17. The van der Waals surface area contributed by atoms with Crippen molar-refractivity contribution >= 4 is 16.7 Å². The van der Waals surface area contributed by atoms with Crippen LogP contribution in [0.4, 0.5) is 13.2 Å². The van der Waals surface area contributed by atoms with Gasteiger partial charge in [0.1, 0.15) is 17.2 Å². The lowest BCUT2D eigenvalue weighted by Gasteiger charge is -2.08. The molecule has 3 aromatic carbocycles. The van der Waals surface area contributed by atoms with Crippen molar-refractivity contribution in [3.63, 3.8) is 0 Å². The van der Waals surface area contributed by atoms with Gasteiger partial charge in [0.05, 0.1) is 21.8 Å². The third-order valence-electron chi connectivity index (χ3n) is 4.64. The number of rotatable bonds is 2. The van der Waals surface area contributed by atoms with Gasteiger partial charge >= 0.3 is 0 Å². The quantitative estimate of drug-likeness (QED) is 0.223. The lowest BCUT2D eigenvalue weighted by Crippen LogP contribution is -2.01. The van der Waals surface area contributed by atoms with Gasteiger partial charge in [-0.25, -0.2) is 23.1 Å². The third-order valence-corrected chi connectivity index (χ3v) is 4.64. The van der Waals surface area contributed by atoms with Crippen molar-refractivity contribution in [2.75, 3.05) is 0 Å². The van der Waals surface area contributed by atoms with Crippen LogP contribution in [0.25, 0.3) is 27.2 Å². The fourth-order valence-electron chi connectivity index (χ4n) is 3.35. The zero-order chi connectivity index (χ0) is 20.8. The maximum Gasteiger partial charge on any atom is 0.194 e. The van der Waals surface area contributed by atoms with Crippen molar-refractivity contribution < 1.29 is 17.9 Å². The van der Waals surface area contributed by atoms with Crippen LogP contribution in [0.15, 0.2) is 59.7 Å². The SMILES string of the molecule is [C-]#[N+]/N=C1\c2ccccc2-c2nc3cc(Oc4cc(F)c(F)c(F)c4)ccc3nc21. The van der Waals surface area contributed by atoms with Crippen molar-refractivity contribution in [2.45, 2.75) is 0 Å². The van der Waals surface area contributed by atoms with Gasteiger partial charge in [0, 0.05) is 29.3 Å². The van der Waals surface area contributed by atoms with Crippen LogP contribution in [-0.4, -0.2) is 15.7 Å². The Morgan fingerprint density at radius 1 is 0.800 bits per heavy atom. The van der Waals surface area contributed by atoms with E-state index in [1.54, 1.807) is 18.2 Å².